The molecule has 0 spiro atoms. The van der Waals surface area contributed by atoms with Crippen molar-refractivity contribution in [3.05, 3.63) is 118 Å². The molecule has 0 bridgehead atoms. The van der Waals surface area contributed by atoms with Gasteiger partial charge in [-0.1, -0.05) is 37.3 Å². The van der Waals surface area contributed by atoms with Crippen molar-refractivity contribution in [2.75, 3.05) is 6.61 Å². The average Bonchev–Trinajstić information content (AvgIpc) is 2.94. The molecule has 0 amide bonds. The number of aryl methyl sites for hydroxylation is 1. The molecule has 0 aliphatic carbocycles. The van der Waals surface area contributed by atoms with E-state index < -0.39 is 46.5 Å². The van der Waals surface area contributed by atoms with Crippen LogP contribution in [0.5, 0.6) is 11.5 Å². The maximum absolute atomic E-state index is 15.4. The smallest absolute Gasteiger partial charge is 0.430 e. The number of alkyl halides is 2. The Kier molecular flexibility index (Phi) is 11.8. The van der Waals surface area contributed by atoms with Crippen molar-refractivity contribution in [2.45, 2.75) is 46.6 Å². The molecule has 0 saturated carbocycles. The molecule has 3 aromatic carbocycles. The summed E-state index contributed by atoms with van der Waals surface area (Å²) in [6.07, 6.45) is 1.34. The van der Waals surface area contributed by atoms with Gasteiger partial charge in [0.15, 0.2) is 11.6 Å². The Morgan fingerprint density at radius 2 is 1.64 bits per heavy atom. The van der Waals surface area contributed by atoms with Gasteiger partial charge in [0.2, 0.25) is 0 Å². The summed E-state index contributed by atoms with van der Waals surface area (Å²) >= 11 is 0. The molecule has 0 saturated heterocycles. The first-order valence-electron chi connectivity index (χ1n) is 13.6. The van der Waals surface area contributed by atoms with Crippen LogP contribution < -0.4 is 14.8 Å². The minimum Gasteiger partial charge on any atom is -0.493 e. The van der Waals surface area contributed by atoms with Crippen molar-refractivity contribution < 1.29 is 40.2 Å². The Balaban J connectivity index is 1.86. The molecule has 0 heterocycles. The lowest BCUT2D eigenvalue weighted by Gasteiger charge is -2.22. The van der Waals surface area contributed by atoms with Crippen LogP contribution in [0.2, 0.25) is 0 Å². The quantitative estimate of drug-likeness (QED) is 0.0727. The first-order valence-corrected chi connectivity index (χ1v) is 14.2. The monoisotopic (exact) mass is 634 g/mol. The van der Waals surface area contributed by atoms with Crippen LogP contribution in [0, 0.1) is 42.0 Å². The van der Waals surface area contributed by atoms with E-state index in [1.165, 1.54) is 31.2 Å². The molecule has 0 aliphatic heterocycles. The molecule has 0 radical (unpaired) electrons. The van der Waals surface area contributed by atoms with Gasteiger partial charge >= 0.3 is 6.11 Å². The highest BCUT2D eigenvalue weighted by Gasteiger charge is 2.40. The van der Waals surface area contributed by atoms with Crippen molar-refractivity contribution in [1.29, 1.82) is 0 Å². The van der Waals surface area contributed by atoms with Gasteiger partial charge in [0, 0.05) is 23.3 Å². The van der Waals surface area contributed by atoms with Crippen LogP contribution in [0.1, 0.15) is 55.9 Å². The second-order valence-electron chi connectivity index (χ2n) is 9.61. The van der Waals surface area contributed by atoms with Crippen LogP contribution in [0.3, 0.4) is 0 Å². The maximum atomic E-state index is 15.4. The number of halogens is 7. The van der Waals surface area contributed by atoms with Crippen molar-refractivity contribution in [1.82, 2.24) is 0 Å². The van der Waals surface area contributed by atoms with Gasteiger partial charge in [0.25, 0.3) is 0 Å². The molecule has 3 rings (SSSR count). The van der Waals surface area contributed by atoms with Crippen LogP contribution in [0.25, 0.3) is 5.57 Å². The number of hydrogen-bond acceptors (Lipinski definition) is 2. The van der Waals surface area contributed by atoms with Crippen LogP contribution in [0.4, 0.5) is 30.7 Å². The lowest BCUT2D eigenvalue weighted by molar-refractivity contribution is -0.186. The molecule has 1 atom stereocenters. The van der Waals surface area contributed by atoms with Crippen molar-refractivity contribution in [2.24, 2.45) is 0 Å². The molecule has 0 N–H and O–H groups in total. The highest BCUT2D eigenvalue weighted by Crippen LogP contribution is 2.36. The summed E-state index contributed by atoms with van der Waals surface area (Å²) < 4.78 is 112. The summed E-state index contributed by atoms with van der Waals surface area (Å²) in [6.45, 7) is 6.69. The zero-order chi connectivity index (χ0) is 32.6. The Bertz CT molecular complexity index is 1630. The molecule has 232 valence electrons. The fraction of sp³-hybridized carbons (Fsp3) is 0.235. The summed E-state index contributed by atoms with van der Waals surface area (Å²) in [4.78, 5) is 0. The lowest BCUT2D eigenvalue weighted by atomic mass is 10.00. The van der Waals surface area contributed by atoms with Gasteiger partial charge in [-0.25, -0.2) is 22.0 Å². The van der Waals surface area contributed by atoms with E-state index >= 15 is 17.6 Å². The molecule has 0 fully saturated rings. The van der Waals surface area contributed by atoms with Gasteiger partial charge < -0.3 is 9.47 Å². The largest absolute Gasteiger partial charge is 0.493 e. The first-order chi connectivity index (χ1) is 20.8. The van der Waals surface area contributed by atoms with Crippen molar-refractivity contribution >= 4 is 20.1 Å². The number of hydrogen-bond donors (Lipinski definition) is 0. The van der Waals surface area contributed by atoms with Crippen molar-refractivity contribution in [3.8, 4) is 23.3 Å². The minimum absolute atomic E-state index is 0.0687. The third-order valence-corrected chi connectivity index (χ3v) is 6.80. The zero-order valence-electron chi connectivity index (χ0n) is 24.4. The predicted molar refractivity (Wildman–Crippen MR) is 162 cm³/mol. The van der Waals surface area contributed by atoms with Gasteiger partial charge in [-0.3, -0.25) is 0 Å². The maximum Gasteiger partial charge on any atom is 0.430 e. The van der Waals surface area contributed by atoms with E-state index in [1.54, 1.807) is 13.0 Å². The Labute approximate surface area is 254 Å². The number of ether oxygens (including phenoxy) is 2. The van der Waals surface area contributed by atoms with E-state index in [4.69, 9.17) is 4.74 Å². The highest BCUT2D eigenvalue weighted by molar-refractivity contribution is 7.27. The van der Waals surface area contributed by atoms with Gasteiger partial charge in [0.1, 0.15) is 34.5 Å². The van der Waals surface area contributed by atoms with E-state index in [0.717, 1.165) is 38.0 Å². The van der Waals surface area contributed by atoms with Gasteiger partial charge in [-0.05, 0) is 80.0 Å². The molecule has 10 heteroatoms. The topological polar surface area (TPSA) is 18.5 Å². The predicted octanol–water partition coefficient (Wildman–Crippen LogP) is 9.61. The van der Waals surface area contributed by atoms with Crippen LogP contribution in [0.15, 0.2) is 72.1 Å². The SMILES string of the molecule is C\C=C(C#Cc1ccc(OCCCC)cc1F)/C=C(F)\C(=C\C)c1cc(F)c(C(F)(F)Oc2cc(C)c(F)c(F)c2)c(P)c1. The van der Waals surface area contributed by atoms with E-state index in [-0.39, 0.29) is 33.1 Å². The normalized spacial score (nSPS) is 12.6. The van der Waals surface area contributed by atoms with E-state index in [9.17, 15) is 13.2 Å². The number of benzene rings is 3. The summed E-state index contributed by atoms with van der Waals surface area (Å²) in [5, 5.41) is -0.361. The zero-order valence-corrected chi connectivity index (χ0v) is 25.6. The molecular weight excluding hydrogens is 604 g/mol. The average molecular weight is 635 g/mol. The summed E-state index contributed by atoms with van der Waals surface area (Å²) in [7, 11) is 1.94. The van der Waals surface area contributed by atoms with Crippen LogP contribution in [-0.4, -0.2) is 6.61 Å². The molecule has 2 nitrogen and oxygen atoms in total. The third kappa shape index (κ3) is 8.54. The second-order valence-corrected chi connectivity index (χ2v) is 10.2. The number of rotatable bonds is 10. The molecule has 1 unspecified atom stereocenters. The van der Waals surface area contributed by atoms with E-state index in [2.05, 4.69) is 16.6 Å². The van der Waals surface area contributed by atoms with Gasteiger partial charge in [-0.2, -0.15) is 8.78 Å². The molecule has 0 aliphatic rings. The first kappa shape index (κ1) is 34.5. The fourth-order valence-electron chi connectivity index (χ4n) is 4.05. The molecule has 3 aromatic rings. The highest BCUT2D eigenvalue weighted by atomic mass is 31.0. The molecule has 44 heavy (non-hydrogen) atoms. The van der Waals surface area contributed by atoms with Crippen molar-refractivity contribution in [3.63, 3.8) is 0 Å². The Morgan fingerprint density at radius 3 is 2.23 bits per heavy atom. The minimum atomic E-state index is -4.29. The summed E-state index contributed by atoms with van der Waals surface area (Å²) in [5.74, 6) is -0.519. The lowest BCUT2D eigenvalue weighted by Crippen LogP contribution is -2.29. The van der Waals surface area contributed by atoms with Crippen LogP contribution >= 0.6 is 9.24 Å². The summed E-state index contributed by atoms with van der Waals surface area (Å²) in [6, 6.07) is 7.35. The van der Waals surface area contributed by atoms with Gasteiger partial charge in [0.05, 0.1) is 12.2 Å². The number of unbranched alkanes of at least 4 members (excludes halogenated alkanes) is 1. The summed E-state index contributed by atoms with van der Waals surface area (Å²) in [5.41, 5.74) is -1.41. The Hall–Kier alpha value is -4.02. The van der Waals surface area contributed by atoms with E-state index in [0.29, 0.717) is 24.5 Å². The third-order valence-electron chi connectivity index (χ3n) is 6.34. The molecule has 0 aromatic heterocycles. The van der Waals surface area contributed by atoms with Crippen LogP contribution in [-0.2, 0) is 6.11 Å². The molecular formula is C34H30F7O2P. The number of allylic oxidation sites excluding steroid dienone is 6. The Morgan fingerprint density at radius 1 is 0.932 bits per heavy atom. The van der Waals surface area contributed by atoms with E-state index in [1.807, 2.05) is 16.2 Å². The second kappa shape index (κ2) is 15.1. The van der Waals surface area contributed by atoms with Gasteiger partial charge in [-0.15, -0.1) is 9.24 Å². The standard InChI is InChI=1S/C34H30F7O2P/c1-5-8-13-42-24-12-11-22(27(35)18-24)10-9-21(6-2)15-28(36)26(7-3)23-16-29(37)32(31(44)17-23)34(40,41)43-25-14-20(4)33(39)30(38)19-25/h6-7,11-12,14-19H,5,8,13,44H2,1-4H3/b21-6-,26-7+,28-15+. The fourth-order valence-corrected chi connectivity index (χ4v) is 4.54.